The van der Waals surface area contributed by atoms with Gasteiger partial charge in [0.25, 0.3) is 0 Å². The summed E-state index contributed by atoms with van der Waals surface area (Å²) in [5.74, 6) is 3.73. The third-order valence-electron chi connectivity index (χ3n) is 10.9. The van der Waals surface area contributed by atoms with Crippen LogP contribution in [0.4, 0.5) is 5.69 Å². The van der Waals surface area contributed by atoms with Crippen LogP contribution in [0, 0.1) is 23.7 Å². The fraction of sp³-hybridized carbons (Fsp3) is 0.562. The fourth-order valence-corrected chi connectivity index (χ4v) is 10.9. The van der Waals surface area contributed by atoms with E-state index in [1.165, 1.54) is 55.3 Å². The van der Waals surface area contributed by atoms with Crippen LogP contribution in [0.1, 0.15) is 73.6 Å². The normalized spacial score (nSPS) is 37.6. The maximum atomic E-state index is 13.1. The molecule has 38 heavy (non-hydrogen) atoms. The van der Waals surface area contributed by atoms with Gasteiger partial charge in [-0.25, -0.2) is 8.42 Å². The Balaban J connectivity index is 1.08. The average molecular weight is 531 g/mol. The molecule has 200 valence electrons. The molecule has 2 aromatic rings. The van der Waals surface area contributed by atoms with Crippen molar-refractivity contribution in [2.45, 2.75) is 67.2 Å². The second kappa shape index (κ2) is 8.67. The molecule has 2 unspecified atom stereocenters. The predicted octanol–water partition coefficient (Wildman–Crippen LogP) is 6.00. The van der Waals surface area contributed by atoms with Crippen molar-refractivity contribution in [3.8, 4) is 0 Å². The lowest BCUT2D eigenvalue weighted by Gasteiger charge is -2.57. The first-order valence-corrected chi connectivity index (χ1v) is 16.2. The molecule has 0 radical (unpaired) electrons. The molecule has 4 saturated carbocycles. The van der Waals surface area contributed by atoms with Crippen molar-refractivity contribution >= 4 is 15.7 Å². The summed E-state index contributed by atoms with van der Waals surface area (Å²) >= 11 is 0. The van der Waals surface area contributed by atoms with Crippen molar-refractivity contribution in [2.24, 2.45) is 23.7 Å². The highest BCUT2D eigenvalue weighted by atomic mass is 32.2. The second-order valence-electron chi connectivity index (χ2n) is 13.1. The topological polar surface area (TPSA) is 58.6 Å². The van der Waals surface area contributed by atoms with Crippen molar-refractivity contribution < 1.29 is 13.2 Å². The van der Waals surface area contributed by atoms with Crippen molar-refractivity contribution in [1.29, 1.82) is 0 Å². The molecule has 9 rings (SSSR count). The summed E-state index contributed by atoms with van der Waals surface area (Å²) in [5, 5.41) is 3.89. The summed E-state index contributed by atoms with van der Waals surface area (Å²) in [4.78, 5) is 0.376. The van der Waals surface area contributed by atoms with E-state index in [4.69, 9.17) is 4.74 Å². The summed E-state index contributed by atoms with van der Waals surface area (Å²) in [5.41, 5.74) is 5.91. The van der Waals surface area contributed by atoms with Gasteiger partial charge < -0.3 is 10.1 Å². The second-order valence-corrected chi connectivity index (χ2v) is 15.0. The largest absolute Gasteiger partial charge is 0.379 e. The zero-order valence-electron chi connectivity index (χ0n) is 22.0. The number of rotatable bonds is 4. The van der Waals surface area contributed by atoms with Crippen LogP contribution >= 0.6 is 0 Å². The molecule has 5 nitrogen and oxygen atoms in total. The smallest absolute Gasteiger partial charge is 0.243 e. The summed E-state index contributed by atoms with van der Waals surface area (Å²) in [6.45, 7) is 1.77. The summed E-state index contributed by atoms with van der Waals surface area (Å²) < 4.78 is 33.1. The molecule has 2 heterocycles. The Hall–Kier alpha value is -2.15. The molecule has 0 aromatic heterocycles. The van der Waals surface area contributed by atoms with Gasteiger partial charge in [-0.1, -0.05) is 36.4 Å². The van der Waals surface area contributed by atoms with E-state index in [0.717, 1.165) is 24.2 Å². The molecule has 0 spiro atoms. The highest BCUT2D eigenvalue weighted by Crippen LogP contribution is 2.61. The lowest BCUT2D eigenvalue weighted by Crippen LogP contribution is -2.48. The zero-order valence-corrected chi connectivity index (χ0v) is 22.8. The summed E-state index contributed by atoms with van der Waals surface area (Å²) in [6.07, 6.45) is 14.5. The number of allylic oxidation sites excluding steroid dienone is 2. The van der Waals surface area contributed by atoms with Gasteiger partial charge in [-0.3, -0.25) is 0 Å². The minimum Gasteiger partial charge on any atom is -0.379 e. The zero-order chi connectivity index (χ0) is 25.5. The maximum absolute atomic E-state index is 13.1. The minimum atomic E-state index is -3.48. The van der Waals surface area contributed by atoms with E-state index < -0.39 is 10.0 Å². The van der Waals surface area contributed by atoms with Gasteiger partial charge in [0.1, 0.15) is 0 Å². The lowest BCUT2D eigenvalue weighted by atomic mass is 9.48. The maximum Gasteiger partial charge on any atom is 0.243 e. The van der Waals surface area contributed by atoms with Crippen LogP contribution in [0.5, 0.6) is 0 Å². The molecule has 7 aliphatic rings. The Bertz CT molecular complexity index is 1340. The van der Waals surface area contributed by atoms with Gasteiger partial charge in [0.15, 0.2) is 0 Å². The first-order valence-electron chi connectivity index (χ1n) is 14.7. The SMILES string of the molecule is O=S(=O)(c1ccc([C@@H]2Nc3ccc(C45CC6CC(CC(C6)C4)C5)cc3C3C=CCC32)cc1)N1CCOCC1. The van der Waals surface area contributed by atoms with Crippen LogP contribution in [-0.4, -0.2) is 39.0 Å². The van der Waals surface area contributed by atoms with Gasteiger partial charge in [-0.15, -0.1) is 0 Å². The van der Waals surface area contributed by atoms with E-state index in [-0.39, 0.29) is 6.04 Å². The molecule has 3 atom stereocenters. The number of anilines is 1. The van der Waals surface area contributed by atoms with E-state index in [1.54, 1.807) is 22.0 Å². The Morgan fingerprint density at radius 3 is 2.26 bits per heavy atom. The van der Waals surface area contributed by atoms with Crippen LogP contribution < -0.4 is 5.32 Å². The van der Waals surface area contributed by atoms with Crippen molar-refractivity contribution in [2.75, 3.05) is 31.6 Å². The molecular weight excluding hydrogens is 492 g/mol. The molecule has 4 bridgehead atoms. The monoisotopic (exact) mass is 530 g/mol. The highest BCUT2D eigenvalue weighted by molar-refractivity contribution is 7.89. The first kappa shape index (κ1) is 23.7. The third-order valence-corrected chi connectivity index (χ3v) is 12.8. The number of fused-ring (bicyclic) bond motifs is 3. The van der Waals surface area contributed by atoms with Gasteiger partial charge in [-0.05, 0) is 109 Å². The standard InChI is InChI=1S/C32H38N2O3S/c35-38(36,34-10-12-37-13-11-34)26-7-4-24(5-8-26)31-28-3-1-2-27(28)29-17-25(6-9-30(29)33-31)32-18-21-14-22(19-32)16-23(15-21)20-32/h1-2,4-9,17,21-23,27-28,31,33H,3,10-16,18-20H2/t21?,22?,23?,27?,28?,31-,32?/m0/s1. The quantitative estimate of drug-likeness (QED) is 0.493. The fourth-order valence-electron chi connectivity index (χ4n) is 9.50. The molecule has 0 amide bonds. The van der Waals surface area contributed by atoms with Crippen molar-refractivity contribution in [1.82, 2.24) is 4.31 Å². The number of hydrogen-bond acceptors (Lipinski definition) is 4. The summed E-state index contributed by atoms with van der Waals surface area (Å²) in [7, 11) is -3.48. The van der Waals surface area contributed by atoms with E-state index in [0.29, 0.717) is 48.4 Å². The Morgan fingerprint density at radius 1 is 0.895 bits per heavy atom. The van der Waals surface area contributed by atoms with E-state index in [9.17, 15) is 8.42 Å². The van der Waals surface area contributed by atoms with Crippen LogP contribution in [-0.2, 0) is 20.2 Å². The van der Waals surface area contributed by atoms with E-state index >= 15 is 0 Å². The number of nitrogens with zero attached hydrogens (tertiary/aromatic N) is 1. The molecule has 5 fully saturated rings. The van der Waals surface area contributed by atoms with E-state index in [1.807, 2.05) is 12.1 Å². The molecular formula is C32H38N2O3S. The number of ether oxygens (including phenoxy) is 1. The molecule has 1 N–H and O–H groups in total. The molecule has 6 heteroatoms. The Kier molecular flexibility index (Phi) is 5.41. The van der Waals surface area contributed by atoms with Gasteiger partial charge in [0.2, 0.25) is 10.0 Å². The lowest BCUT2D eigenvalue weighted by molar-refractivity contribution is -0.00523. The number of hydrogen-bond donors (Lipinski definition) is 1. The number of nitrogens with one attached hydrogen (secondary N) is 1. The molecule has 1 saturated heterocycles. The van der Waals surface area contributed by atoms with Crippen LogP contribution in [0.15, 0.2) is 59.5 Å². The van der Waals surface area contributed by atoms with Crippen molar-refractivity contribution in [3.63, 3.8) is 0 Å². The number of morpholine rings is 1. The average Bonchev–Trinajstić information content (AvgIpc) is 3.43. The number of benzene rings is 2. The van der Waals surface area contributed by atoms with Crippen LogP contribution in [0.2, 0.25) is 0 Å². The summed E-state index contributed by atoms with van der Waals surface area (Å²) in [6, 6.07) is 15.2. The predicted molar refractivity (Wildman–Crippen MR) is 149 cm³/mol. The Labute approximate surface area is 226 Å². The first-order chi connectivity index (χ1) is 18.5. The molecule has 2 aromatic carbocycles. The van der Waals surface area contributed by atoms with Gasteiger partial charge in [-0.2, -0.15) is 4.31 Å². The number of sulfonamides is 1. The van der Waals surface area contributed by atoms with Crippen LogP contribution in [0.3, 0.4) is 0 Å². The minimum absolute atomic E-state index is 0.174. The molecule has 2 aliphatic heterocycles. The van der Waals surface area contributed by atoms with Crippen LogP contribution in [0.25, 0.3) is 0 Å². The third kappa shape index (κ3) is 3.66. The Morgan fingerprint density at radius 2 is 1.58 bits per heavy atom. The van der Waals surface area contributed by atoms with E-state index in [2.05, 4.69) is 35.7 Å². The highest BCUT2D eigenvalue weighted by Gasteiger charge is 2.52. The van der Waals surface area contributed by atoms with Gasteiger partial charge in [0.05, 0.1) is 24.2 Å². The van der Waals surface area contributed by atoms with Gasteiger partial charge >= 0.3 is 0 Å². The molecule has 5 aliphatic carbocycles. The van der Waals surface area contributed by atoms with Crippen molar-refractivity contribution in [3.05, 3.63) is 71.3 Å². The van der Waals surface area contributed by atoms with Gasteiger partial charge in [0, 0.05) is 24.7 Å².